The van der Waals surface area contributed by atoms with Crippen molar-refractivity contribution in [3.05, 3.63) is 53.9 Å². The average Bonchev–Trinajstić information content (AvgIpc) is 3.08. The third-order valence-electron chi connectivity index (χ3n) is 7.89. The van der Waals surface area contributed by atoms with Crippen LogP contribution in [0, 0.1) is 11.2 Å². The Morgan fingerprint density at radius 1 is 1.11 bits per heavy atom. The zero-order valence-corrected chi connectivity index (χ0v) is 23.0. The van der Waals surface area contributed by atoms with Gasteiger partial charge in [0.2, 0.25) is 0 Å². The molecule has 37 heavy (non-hydrogen) atoms. The lowest BCUT2D eigenvalue weighted by atomic mass is 9.77. The lowest BCUT2D eigenvalue weighted by Crippen LogP contribution is -2.47. The van der Waals surface area contributed by atoms with Gasteiger partial charge in [-0.1, -0.05) is 31.6 Å². The molecule has 1 unspecified atom stereocenters. The van der Waals surface area contributed by atoms with Crippen molar-refractivity contribution >= 4 is 17.4 Å². The Kier molecular flexibility index (Phi) is 11.4. The smallest absolute Gasteiger partial charge is 0.312 e. The van der Waals surface area contributed by atoms with Gasteiger partial charge < -0.3 is 9.64 Å². The molecular formula is C31H45FN2O3. The Morgan fingerprint density at radius 3 is 2.54 bits per heavy atom. The van der Waals surface area contributed by atoms with Crippen molar-refractivity contribution in [3.63, 3.8) is 0 Å². The number of ketones is 1. The minimum Gasteiger partial charge on any atom is -0.462 e. The van der Waals surface area contributed by atoms with E-state index in [0.29, 0.717) is 6.42 Å². The van der Waals surface area contributed by atoms with Gasteiger partial charge in [-0.3, -0.25) is 14.5 Å². The van der Waals surface area contributed by atoms with Gasteiger partial charge in [0.1, 0.15) is 11.9 Å². The molecule has 2 saturated heterocycles. The third kappa shape index (κ3) is 8.26. The van der Waals surface area contributed by atoms with Crippen LogP contribution in [-0.2, 0) is 14.3 Å². The number of allylic oxidation sites excluding steroid dienone is 4. The first kappa shape index (κ1) is 29.1. The number of esters is 1. The number of rotatable bonds is 8. The first-order chi connectivity index (χ1) is 18.0. The van der Waals surface area contributed by atoms with Crippen LogP contribution in [0.3, 0.4) is 0 Å². The zero-order valence-electron chi connectivity index (χ0n) is 23.0. The second-order valence-corrected chi connectivity index (χ2v) is 10.3. The number of hydrogen-bond acceptors (Lipinski definition) is 5. The maximum atomic E-state index is 13.2. The van der Waals surface area contributed by atoms with Crippen molar-refractivity contribution in [2.75, 3.05) is 37.6 Å². The summed E-state index contributed by atoms with van der Waals surface area (Å²) in [5.41, 5.74) is 1.90. The van der Waals surface area contributed by atoms with E-state index in [2.05, 4.69) is 9.80 Å². The van der Waals surface area contributed by atoms with Gasteiger partial charge in [0.25, 0.3) is 0 Å². The van der Waals surface area contributed by atoms with Crippen LogP contribution in [0.2, 0.25) is 0 Å². The standard InChI is InChI=1S/C29H39FN2O3.C2H6/c1-2-3-4-7-26(33)21-23-6-5-14-29(15-12-23)22-27(35-28(29)34)13-16-31-17-19-32(20-18-31)25-10-8-24(30)9-11-25;1-2/h2-3,8-11,21,27H,4-7,12-20,22H2,1H3;1-2H3/b3-2+,23-21?;/t27-,29?;/m0./s1. The van der Waals surface area contributed by atoms with E-state index in [1.54, 1.807) is 0 Å². The normalized spacial score (nSPS) is 25.7. The number of piperazine rings is 1. The van der Waals surface area contributed by atoms with Crippen molar-refractivity contribution < 1.29 is 18.7 Å². The van der Waals surface area contributed by atoms with E-state index < -0.39 is 0 Å². The van der Waals surface area contributed by atoms with Crippen molar-refractivity contribution in [3.8, 4) is 0 Å². The molecule has 6 heteroatoms. The van der Waals surface area contributed by atoms with E-state index in [9.17, 15) is 14.0 Å². The summed E-state index contributed by atoms with van der Waals surface area (Å²) in [6.07, 6.45) is 13.2. The van der Waals surface area contributed by atoms with Crippen LogP contribution in [0.25, 0.3) is 0 Å². The topological polar surface area (TPSA) is 49.9 Å². The number of cyclic esters (lactones) is 1. The van der Waals surface area contributed by atoms with Gasteiger partial charge in [-0.05, 0) is 82.2 Å². The molecule has 2 aliphatic heterocycles. The Hall–Kier alpha value is -2.47. The van der Waals surface area contributed by atoms with E-state index in [1.807, 2.05) is 51.1 Å². The van der Waals surface area contributed by atoms with Crippen molar-refractivity contribution in [1.82, 2.24) is 4.90 Å². The molecule has 1 spiro atoms. The summed E-state index contributed by atoms with van der Waals surface area (Å²) in [6, 6.07) is 6.72. The number of benzene rings is 1. The molecule has 204 valence electrons. The van der Waals surface area contributed by atoms with Crippen LogP contribution in [-0.4, -0.2) is 55.5 Å². The quantitative estimate of drug-likeness (QED) is 0.227. The highest BCUT2D eigenvalue weighted by Crippen LogP contribution is 2.46. The first-order valence-electron chi connectivity index (χ1n) is 14.2. The molecule has 5 nitrogen and oxygen atoms in total. The lowest BCUT2D eigenvalue weighted by molar-refractivity contribution is -0.149. The first-order valence-corrected chi connectivity index (χ1v) is 14.2. The summed E-state index contributed by atoms with van der Waals surface area (Å²) in [6.45, 7) is 10.7. The Morgan fingerprint density at radius 2 is 1.84 bits per heavy atom. The van der Waals surface area contributed by atoms with Gasteiger partial charge in [-0.2, -0.15) is 0 Å². The highest BCUT2D eigenvalue weighted by atomic mass is 19.1. The highest BCUT2D eigenvalue weighted by molar-refractivity contribution is 5.90. The Labute approximate surface area is 222 Å². The van der Waals surface area contributed by atoms with Gasteiger partial charge in [-0.25, -0.2) is 4.39 Å². The van der Waals surface area contributed by atoms with Crippen molar-refractivity contribution in [2.24, 2.45) is 5.41 Å². The number of hydrogen-bond donors (Lipinski definition) is 0. The third-order valence-corrected chi connectivity index (χ3v) is 7.89. The molecule has 2 heterocycles. The molecule has 1 aliphatic carbocycles. The fourth-order valence-corrected chi connectivity index (χ4v) is 5.75. The molecule has 2 atom stereocenters. The number of ether oxygens (including phenoxy) is 1. The van der Waals surface area contributed by atoms with Crippen LogP contribution in [0.5, 0.6) is 0 Å². The van der Waals surface area contributed by atoms with Gasteiger partial charge in [0, 0.05) is 51.3 Å². The number of anilines is 1. The molecule has 3 fully saturated rings. The van der Waals surface area contributed by atoms with Gasteiger partial charge in [0.15, 0.2) is 5.78 Å². The molecule has 4 rings (SSSR count). The summed E-state index contributed by atoms with van der Waals surface area (Å²) in [4.78, 5) is 29.9. The van der Waals surface area contributed by atoms with Gasteiger partial charge >= 0.3 is 5.97 Å². The van der Waals surface area contributed by atoms with Crippen molar-refractivity contribution in [2.45, 2.75) is 84.7 Å². The Bertz CT molecular complexity index is 934. The van der Waals surface area contributed by atoms with Crippen LogP contribution >= 0.6 is 0 Å². The highest BCUT2D eigenvalue weighted by Gasteiger charge is 2.48. The molecule has 0 radical (unpaired) electrons. The van der Waals surface area contributed by atoms with Crippen LogP contribution < -0.4 is 4.90 Å². The van der Waals surface area contributed by atoms with E-state index in [1.165, 1.54) is 17.7 Å². The lowest BCUT2D eigenvalue weighted by Gasteiger charge is -2.36. The number of carbonyl (C=O) groups excluding carboxylic acids is 2. The molecule has 0 aromatic heterocycles. The van der Waals surface area contributed by atoms with E-state index in [4.69, 9.17) is 4.74 Å². The molecule has 0 N–H and O–H groups in total. The molecule has 1 saturated carbocycles. The van der Waals surface area contributed by atoms with E-state index in [0.717, 1.165) is 89.8 Å². The van der Waals surface area contributed by atoms with Crippen LogP contribution in [0.1, 0.15) is 78.6 Å². The second kappa shape index (κ2) is 14.5. The maximum Gasteiger partial charge on any atom is 0.312 e. The molecule has 1 aromatic carbocycles. The van der Waals surface area contributed by atoms with Gasteiger partial charge in [0.05, 0.1) is 5.41 Å². The minimum atomic E-state index is -0.366. The average molecular weight is 513 g/mol. The predicted molar refractivity (Wildman–Crippen MR) is 148 cm³/mol. The summed E-state index contributed by atoms with van der Waals surface area (Å²) < 4.78 is 19.1. The summed E-state index contributed by atoms with van der Waals surface area (Å²) >= 11 is 0. The fourth-order valence-electron chi connectivity index (χ4n) is 5.75. The van der Waals surface area contributed by atoms with E-state index in [-0.39, 0.29) is 29.1 Å². The van der Waals surface area contributed by atoms with E-state index >= 15 is 0 Å². The molecule has 0 amide bonds. The SMILES string of the molecule is C/C=C/CCC(=O)C=C1CCCC2(CC1)C[C@H](CCN1CCN(c3ccc(F)cc3)CC1)OC2=O.CC. The monoisotopic (exact) mass is 512 g/mol. The molecule has 1 aromatic rings. The summed E-state index contributed by atoms with van der Waals surface area (Å²) in [7, 11) is 0. The number of carbonyl (C=O) groups is 2. The summed E-state index contributed by atoms with van der Waals surface area (Å²) in [5, 5.41) is 0. The van der Waals surface area contributed by atoms with Crippen LogP contribution in [0.4, 0.5) is 10.1 Å². The fraction of sp³-hybridized carbons (Fsp3) is 0.613. The molecule has 0 bridgehead atoms. The maximum absolute atomic E-state index is 13.2. The number of nitrogens with zero attached hydrogens (tertiary/aromatic N) is 2. The molecular weight excluding hydrogens is 467 g/mol. The summed E-state index contributed by atoms with van der Waals surface area (Å²) in [5.74, 6) is -0.0320. The van der Waals surface area contributed by atoms with Crippen LogP contribution in [0.15, 0.2) is 48.1 Å². The molecule has 3 aliphatic rings. The number of halogens is 1. The zero-order chi connectivity index (χ0) is 26.7. The predicted octanol–water partition coefficient (Wildman–Crippen LogP) is 6.48. The minimum absolute atomic E-state index is 0.00868. The van der Waals surface area contributed by atoms with Crippen molar-refractivity contribution in [1.29, 1.82) is 0 Å². The Balaban J connectivity index is 0.00000186. The second-order valence-electron chi connectivity index (χ2n) is 10.3. The van der Waals surface area contributed by atoms with Gasteiger partial charge in [-0.15, -0.1) is 0 Å². The largest absolute Gasteiger partial charge is 0.462 e.